The van der Waals surface area contributed by atoms with E-state index >= 15 is 0 Å². The van der Waals surface area contributed by atoms with Crippen molar-refractivity contribution in [3.05, 3.63) is 63.6 Å². The van der Waals surface area contributed by atoms with Crippen molar-refractivity contribution >= 4 is 23.2 Å². The second-order valence-electron chi connectivity index (χ2n) is 4.13. The highest BCUT2D eigenvalue weighted by Gasteiger charge is 2.10. The van der Waals surface area contributed by atoms with E-state index in [4.69, 9.17) is 32.7 Å². The molecule has 0 spiro atoms. The molecule has 0 bridgehead atoms. The van der Waals surface area contributed by atoms with Crippen molar-refractivity contribution in [3.63, 3.8) is 0 Å². The van der Waals surface area contributed by atoms with Gasteiger partial charge in [-0.1, -0.05) is 53.5 Å². The first kappa shape index (κ1) is 15.1. The Labute approximate surface area is 127 Å². The molecule has 5 heteroatoms. The van der Waals surface area contributed by atoms with Crippen LogP contribution in [-0.2, 0) is 18.0 Å². The Hall–Kier alpha value is -1.26. The van der Waals surface area contributed by atoms with E-state index in [-0.39, 0.29) is 13.4 Å². The largest absolute Gasteiger partial charge is 0.466 e. The van der Waals surface area contributed by atoms with Gasteiger partial charge in [-0.15, -0.1) is 0 Å². The molecule has 0 amide bonds. The van der Waals surface area contributed by atoms with E-state index in [0.29, 0.717) is 28.0 Å². The summed E-state index contributed by atoms with van der Waals surface area (Å²) in [5, 5.41) is 10.1. The molecule has 2 aromatic rings. The lowest BCUT2D eigenvalue weighted by Crippen LogP contribution is -2.05. The maximum Gasteiger partial charge on any atom is 0.189 e. The SMILES string of the molecule is OCc1cc(Cl)cc(Cl)c1OCOCc1ccccc1. The number of ether oxygens (including phenoxy) is 2. The van der Waals surface area contributed by atoms with E-state index in [0.717, 1.165) is 5.56 Å². The zero-order valence-electron chi connectivity index (χ0n) is 10.7. The quantitative estimate of drug-likeness (QED) is 0.646. The fourth-order valence-corrected chi connectivity index (χ4v) is 2.32. The fourth-order valence-electron chi connectivity index (χ4n) is 1.73. The minimum atomic E-state index is -0.200. The molecule has 0 saturated carbocycles. The summed E-state index contributed by atoms with van der Waals surface area (Å²) in [6, 6.07) is 12.9. The van der Waals surface area contributed by atoms with E-state index in [1.54, 1.807) is 12.1 Å². The summed E-state index contributed by atoms with van der Waals surface area (Å²) in [6.07, 6.45) is 0. The van der Waals surface area contributed by atoms with Crippen LogP contribution in [0.4, 0.5) is 0 Å². The zero-order valence-corrected chi connectivity index (χ0v) is 12.2. The van der Waals surface area contributed by atoms with Crippen LogP contribution in [0.2, 0.25) is 10.0 Å². The van der Waals surface area contributed by atoms with Gasteiger partial charge in [0.25, 0.3) is 0 Å². The van der Waals surface area contributed by atoms with Crippen LogP contribution in [0.15, 0.2) is 42.5 Å². The number of halogens is 2. The number of aliphatic hydroxyl groups is 1. The third-order valence-electron chi connectivity index (χ3n) is 2.65. The van der Waals surface area contributed by atoms with E-state index in [2.05, 4.69) is 0 Å². The van der Waals surface area contributed by atoms with E-state index in [1.165, 1.54) is 0 Å². The van der Waals surface area contributed by atoms with Crippen molar-refractivity contribution in [2.24, 2.45) is 0 Å². The average Bonchev–Trinajstić information content (AvgIpc) is 2.45. The average molecular weight is 313 g/mol. The number of aliphatic hydroxyl groups excluding tert-OH is 1. The molecule has 0 atom stereocenters. The third kappa shape index (κ3) is 4.12. The molecule has 1 N–H and O–H groups in total. The van der Waals surface area contributed by atoms with Gasteiger partial charge in [-0.05, 0) is 17.7 Å². The minimum absolute atomic E-state index is 0.0449. The van der Waals surface area contributed by atoms with Crippen LogP contribution >= 0.6 is 23.2 Å². The van der Waals surface area contributed by atoms with Crippen molar-refractivity contribution in [2.75, 3.05) is 6.79 Å². The molecule has 2 rings (SSSR count). The molecule has 3 nitrogen and oxygen atoms in total. The predicted octanol–water partition coefficient (Wildman–Crippen LogP) is 4.04. The fraction of sp³-hybridized carbons (Fsp3) is 0.200. The van der Waals surface area contributed by atoms with Crippen LogP contribution < -0.4 is 4.74 Å². The Kier molecular flexibility index (Phi) is 5.68. The van der Waals surface area contributed by atoms with Crippen molar-refractivity contribution in [1.29, 1.82) is 0 Å². The van der Waals surface area contributed by atoms with Crippen LogP contribution in [0.1, 0.15) is 11.1 Å². The summed E-state index contributed by atoms with van der Waals surface area (Å²) in [7, 11) is 0. The second kappa shape index (κ2) is 7.50. The number of rotatable bonds is 6. The molecular formula is C15H14Cl2O3. The Bertz CT molecular complexity index is 559. The molecule has 0 unspecified atom stereocenters. The molecule has 20 heavy (non-hydrogen) atoms. The van der Waals surface area contributed by atoms with Crippen LogP contribution in [0.25, 0.3) is 0 Å². The number of hydrogen-bond donors (Lipinski definition) is 1. The lowest BCUT2D eigenvalue weighted by molar-refractivity contribution is 0.00406. The molecule has 0 saturated heterocycles. The predicted molar refractivity (Wildman–Crippen MR) is 79.1 cm³/mol. The van der Waals surface area contributed by atoms with E-state index < -0.39 is 0 Å². The van der Waals surface area contributed by atoms with E-state index in [1.807, 2.05) is 30.3 Å². The summed E-state index contributed by atoms with van der Waals surface area (Å²) >= 11 is 11.9. The number of hydrogen-bond acceptors (Lipinski definition) is 3. The van der Waals surface area contributed by atoms with Crippen molar-refractivity contribution in [3.8, 4) is 5.75 Å². The van der Waals surface area contributed by atoms with Crippen molar-refractivity contribution in [2.45, 2.75) is 13.2 Å². The molecule has 2 aromatic carbocycles. The van der Waals surface area contributed by atoms with Crippen LogP contribution in [0.5, 0.6) is 5.75 Å². The zero-order chi connectivity index (χ0) is 14.4. The first-order valence-electron chi connectivity index (χ1n) is 6.04. The lowest BCUT2D eigenvalue weighted by Gasteiger charge is -2.12. The molecule has 106 valence electrons. The third-order valence-corrected chi connectivity index (χ3v) is 3.15. The van der Waals surface area contributed by atoms with Crippen molar-refractivity contribution in [1.82, 2.24) is 0 Å². The molecule has 0 aliphatic carbocycles. The normalized spacial score (nSPS) is 10.6. The molecule has 0 aliphatic rings. The topological polar surface area (TPSA) is 38.7 Å². The lowest BCUT2D eigenvalue weighted by atomic mass is 10.2. The van der Waals surface area contributed by atoms with Gasteiger partial charge in [0.1, 0.15) is 5.75 Å². The van der Waals surface area contributed by atoms with Gasteiger partial charge in [0.15, 0.2) is 6.79 Å². The summed E-state index contributed by atoms with van der Waals surface area (Å²) in [6.45, 7) is 0.290. The Morgan fingerprint density at radius 3 is 2.50 bits per heavy atom. The highest BCUT2D eigenvalue weighted by Crippen LogP contribution is 2.32. The smallest absolute Gasteiger partial charge is 0.189 e. The van der Waals surface area contributed by atoms with Gasteiger partial charge in [-0.3, -0.25) is 0 Å². The van der Waals surface area contributed by atoms with Gasteiger partial charge < -0.3 is 14.6 Å². The van der Waals surface area contributed by atoms with Crippen LogP contribution in [0.3, 0.4) is 0 Å². The molecule has 0 radical (unpaired) electrons. The summed E-state index contributed by atoms with van der Waals surface area (Å²) in [5.41, 5.74) is 1.59. The molecular weight excluding hydrogens is 299 g/mol. The molecule has 0 heterocycles. The van der Waals surface area contributed by atoms with E-state index in [9.17, 15) is 5.11 Å². The highest BCUT2D eigenvalue weighted by atomic mass is 35.5. The highest BCUT2D eigenvalue weighted by molar-refractivity contribution is 6.35. The van der Waals surface area contributed by atoms with Gasteiger partial charge in [-0.2, -0.15) is 0 Å². The van der Waals surface area contributed by atoms with Gasteiger partial charge >= 0.3 is 0 Å². The monoisotopic (exact) mass is 312 g/mol. The van der Waals surface area contributed by atoms with Gasteiger partial charge in [0.05, 0.1) is 18.2 Å². The number of benzene rings is 2. The minimum Gasteiger partial charge on any atom is -0.466 e. The molecule has 0 aromatic heterocycles. The van der Waals surface area contributed by atoms with Crippen molar-refractivity contribution < 1.29 is 14.6 Å². The Balaban J connectivity index is 1.91. The van der Waals surface area contributed by atoms with Crippen LogP contribution in [-0.4, -0.2) is 11.9 Å². The van der Waals surface area contributed by atoms with Gasteiger partial charge in [0, 0.05) is 10.6 Å². The summed E-state index contributed by atoms with van der Waals surface area (Å²) in [4.78, 5) is 0. The summed E-state index contributed by atoms with van der Waals surface area (Å²) < 4.78 is 10.9. The maximum atomic E-state index is 9.26. The van der Waals surface area contributed by atoms with Crippen LogP contribution in [0, 0.1) is 0 Å². The second-order valence-corrected chi connectivity index (χ2v) is 4.97. The van der Waals surface area contributed by atoms with Gasteiger partial charge in [0.2, 0.25) is 0 Å². The Morgan fingerprint density at radius 1 is 1.05 bits per heavy atom. The Morgan fingerprint density at radius 2 is 1.80 bits per heavy atom. The first-order chi connectivity index (χ1) is 9.70. The molecule has 0 fully saturated rings. The standard InChI is InChI=1S/C15H14Cl2O3/c16-13-6-12(8-18)15(14(17)7-13)20-10-19-9-11-4-2-1-3-5-11/h1-7,18H,8-10H2. The maximum absolute atomic E-state index is 9.26. The van der Waals surface area contributed by atoms with Gasteiger partial charge in [-0.25, -0.2) is 0 Å². The first-order valence-corrected chi connectivity index (χ1v) is 6.79. The molecule has 0 aliphatic heterocycles. The summed E-state index contributed by atoms with van der Waals surface area (Å²) in [5.74, 6) is 0.395.